The Bertz CT molecular complexity index is 701. The number of carbonyl (C=O) groups excluding carboxylic acids is 1. The molecule has 0 aliphatic carbocycles. The molecule has 2 aromatic rings. The predicted octanol–water partition coefficient (Wildman–Crippen LogP) is 1.84. The topological polar surface area (TPSA) is 74.8 Å². The third-order valence-electron chi connectivity index (χ3n) is 3.56. The Hall–Kier alpha value is -2.68. The van der Waals surface area contributed by atoms with Crippen molar-refractivity contribution in [3.63, 3.8) is 0 Å². The van der Waals surface area contributed by atoms with Crippen LogP contribution in [0.3, 0.4) is 0 Å². The molecule has 3 rings (SSSR count). The second kappa shape index (κ2) is 5.37. The van der Waals surface area contributed by atoms with E-state index < -0.39 is 0 Å². The van der Waals surface area contributed by atoms with Crippen molar-refractivity contribution in [1.82, 2.24) is 15.0 Å². The minimum Gasteiger partial charge on any atom is -0.289 e. The van der Waals surface area contributed by atoms with E-state index in [-0.39, 0.29) is 18.4 Å². The smallest absolute Gasteiger partial charge is 0.229 e. The third-order valence-corrected chi connectivity index (χ3v) is 3.56. The van der Waals surface area contributed by atoms with Gasteiger partial charge in [0.25, 0.3) is 0 Å². The van der Waals surface area contributed by atoms with Crippen molar-refractivity contribution in [3.8, 4) is 6.07 Å². The van der Waals surface area contributed by atoms with Crippen LogP contribution >= 0.6 is 0 Å². The van der Waals surface area contributed by atoms with Gasteiger partial charge in [-0.25, -0.2) is 0 Å². The van der Waals surface area contributed by atoms with Crippen molar-refractivity contribution in [2.45, 2.75) is 32.4 Å². The fourth-order valence-corrected chi connectivity index (χ4v) is 2.51. The number of aromatic nitrogens is 3. The molecule has 6 nitrogen and oxygen atoms in total. The van der Waals surface area contributed by atoms with Crippen LogP contribution in [0.5, 0.6) is 0 Å². The highest BCUT2D eigenvalue weighted by atomic mass is 16.2. The first kappa shape index (κ1) is 13.3. The average molecular weight is 281 g/mol. The van der Waals surface area contributed by atoms with Crippen LogP contribution in [0.15, 0.2) is 30.3 Å². The summed E-state index contributed by atoms with van der Waals surface area (Å²) in [6.07, 6.45) is 0.422. The number of nitriles is 1. The molecule has 106 valence electrons. The van der Waals surface area contributed by atoms with E-state index >= 15 is 0 Å². The molecule has 1 aliphatic rings. The van der Waals surface area contributed by atoms with Gasteiger partial charge in [-0.2, -0.15) is 15.2 Å². The summed E-state index contributed by atoms with van der Waals surface area (Å²) in [7, 11) is 0. The van der Waals surface area contributed by atoms with Gasteiger partial charge < -0.3 is 0 Å². The van der Waals surface area contributed by atoms with Crippen molar-refractivity contribution < 1.29 is 4.79 Å². The zero-order valence-electron chi connectivity index (χ0n) is 11.7. The summed E-state index contributed by atoms with van der Waals surface area (Å²) in [5.41, 5.74) is 1.84. The van der Waals surface area contributed by atoms with Crippen LogP contribution in [-0.4, -0.2) is 20.9 Å². The summed E-state index contributed by atoms with van der Waals surface area (Å²) in [4.78, 5) is 15.3. The molecule has 0 saturated carbocycles. The highest BCUT2D eigenvalue weighted by molar-refractivity contribution is 5.95. The molecular formula is C15H15N5O. The van der Waals surface area contributed by atoms with Crippen molar-refractivity contribution >= 4 is 11.7 Å². The molecule has 0 radical (unpaired) electrons. The van der Waals surface area contributed by atoms with Crippen LogP contribution in [-0.2, 0) is 17.9 Å². The predicted molar refractivity (Wildman–Crippen MR) is 76.3 cm³/mol. The van der Waals surface area contributed by atoms with Gasteiger partial charge in [-0.05, 0) is 5.56 Å². The second-order valence-electron chi connectivity index (χ2n) is 5.17. The van der Waals surface area contributed by atoms with Crippen molar-refractivity contribution in [1.29, 1.82) is 5.26 Å². The van der Waals surface area contributed by atoms with Crippen LogP contribution in [0.4, 0.5) is 5.82 Å². The molecule has 0 fully saturated rings. The van der Waals surface area contributed by atoms with Crippen LogP contribution in [0.1, 0.15) is 30.5 Å². The van der Waals surface area contributed by atoms with Gasteiger partial charge in [-0.15, -0.1) is 5.10 Å². The van der Waals surface area contributed by atoms with Crippen molar-refractivity contribution in [2.75, 3.05) is 4.90 Å². The maximum atomic E-state index is 12.3. The lowest BCUT2D eigenvalue weighted by molar-refractivity contribution is -0.119. The Labute approximate surface area is 122 Å². The minimum atomic E-state index is 0.0342. The van der Waals surface area contributed by atoms with Gasteiger partial charge in [0.1, 0.15) is 12.2 Å². The quantitative estimate of drug-likeness (QED) is 0.860. The van der Waals surface area contributed by atoms with Gasteiger partial charge in [0.05, 0.1) is 12.6 Å². The fraction of sp³-hybridized carbons (Fsp3) is 0.333. The molecule has 0 bridgehead atoms. The first-order valence-corrected chi connectivity index (χ1v) is 6.85. The summed E-state index contributed by atoms with van der Waals surface area (Å²) in [5.74, 6) is 0.660. The molecule has 6 heteroatoms. The molecule has 0 spiro atoms. The SMILES string of the molecule is CC1CC(=O)N(Cc2ccccc2)c2nn(CC#N)nc21. The van der Waals surface area contributed by atoms with E-state index in [4.69, 9.17) is 5.26 Å². The zero-order chi connectivity index (χ0) is 14.8. The highest BCUT2D eigenvalue weighted by Gasteiger charge is 2.33. The maximum absolute atomic E-state index is 12.3. The summed E-state index contributed by atoms with van der Waals surface area (Å²) in [6, 6.07) is 11.8. The molecule has 0 saturated heterocycles. The Balaban J connectivity index is 1.96. The molecule has 1 unspecified atom stereocenters. The largest absolute Gasteiger partial charge is 0.289 e. The number of rotatable bonds is 3. The fourth-order valence-electron chi connectivity index (χ4n) is 2.51. The Morgan fingerprint density at radius 1 is 1.33 bits per heavy atom. The summed E-state index contributed by atoms with van der Waals surface area (Å²) >= 11 is 0. The number of fused-ring (bicyclic) bond motifs is 1. The molecule has 1 aromatic carbocycles. The lowest BCUT2D eigenvalue weighted by Crippen LogP contribution is -2.35. The number of nitrogens with zero attached hydrogens (tertiary/aromatic N) is 5. The Morgan fingerprint density at radius 2 is 2.10 bits per heavy atom. The third kappa shape index (κ3) is 2.50. The molecule has 1 amide bonds. The van der Waals surface area contributed by atoms with Gasteiger partial charge in [0.2, 0.25) is 5.91 Å². The number of amides is 1. The minimum absolute atomic E-state index is 0.0342. The van der Waals surface area contributed by atoms with Crippen LogP contribution < -0.4 is 4.90 Å². The van der Waals surface area contributed by atoms with Gasteiger partial charge in [0.15, 0.2) is 5.82 Å². The van der Waals surface area contributed by atoms with Gasteiger partial charge in [-0.1, -0.05) is 37.3 Å². The summed E-state index contributed by atoms with van der Waals surface area (Å²) in [6.45, 7) is 2.53. The van der Waals surface area contributed by atoms with E-state index in [0.717, 1.165) is 11.3 Å². The summed E-state index contributed by atoms with van der Waals surface area (Å²) < 4.78 is 0. The zero-order valence-corrected chi connectivity index (χ0v) is 11.7. The van der Waals surface area contributed by atoms with E-state index in [1.165, 1.54) is 4.80 Å². The van der Waals surface area contributed by atoms with Crippen LogP contribution in [0.25, 0.3) is 0 Å². The monoisotopic (exact) mass is 281 g/mol. The first-order chi connectivity index (χ1) is 10.2. The molecule has 2 heterocycles. The van der Waals surface area contributed by atoms with Crippen LogP contribution in [0, 0.1) is 11.3 Å². The number of carbonyl (C=O) groups is 1. The number of hydrogen-bond donors (Lipinski definition) is 0. The molecule has 1 aliphatic heterocycles. The van der Waals surface area contributed by atoms with E-state index in [2.05, 4.69) is 10.2 Å². The van der Waals surface area contributed by atoms with E-state index in [0.29, 0.717) is 18.8 Å². The highest BCUT2D eigenvalue weighted by Crippen LogP contribution is 2.33. The number of benzene rings is 1. The van der Waals surface area contributed by atoms with E-state index in [9.17, 15) is 4.79 Å². The van der Waals surface area contributed by atoms with Crippen molar-refractivity contribution in [2.24, 2.45) is 0 Å². The molecular weight excluding hydrogens is 266 g/mol. The van der Waals surface area contributed by atoms with Crippen LogP contribution in [0.2, 0.25) is 0 Å². The molecule has 0 N–H and O–H groups in total. The Morgan fingerprint density at radius 3 is 2.81 bits per heavy atom. The van der Waals surface area contributed by atoms with Gasteiger partial charge in [-0.3, -0.25) is 9.69 Å². The molecule has 1 aromatic heterocycles. The van der Waals surface area contributed by atoms with E-state index in [1.807, 2.05) is 43.3 Å². The average Bonchev–Trinajstić information content (AvgIpc) is 2.89. The van der Waals surface area contributed by atoms with E-state index in [1.54, 1.807) is 4.90 Å². The number of hydrogen-bond acceptors (Lipinski definition) is 4. The summed E-state index contributed by atoms with van der Waals surface area (Å²) in [5, 5.41) is 17.4. The first-order valence-electron chi connectivity index (χ1n) is 6.85. The van der Waals surface area contributed by atoms with Gasteiger partial charge in [0, 0.05) is 12.3 Å². The van der Waals surface area contributed by atoms with Gasteiger partial charge >= 0.3 is 0 Å². The standard InChI is InChI=1S/C15H15N5O/c1-11-9-13(21)19(10-12-5-3-2-4-6-12)15-14(11)17-20(18-15)8-7-16/h2-6,11H,8-10H2,1H3. The Kier molecular flexibility index (Phi) is 3.40. The van der Waals surface area contributed by atoms with Crippen molar-refractivity contribution in [3.05, 3.63) is 41.6 Å². The molecule has 1 atom stereocenters. The lowest BCUT2D eigenvalue weighted by atomic mass is 9.98. The molecule has 21 heavy (non-hydrogen) atoms. The number of anilines is 1. The second-order valence-corrected chi connectivity index (χ2v) is 5.17. The maximum Gasteiger partial charge on any atom is 0.229 e. The normalized spacial score (nSPS) is 17.4. The lowest BCUT2D eigenvalue weighted by Gasteiger charge is -2.27.